The van der Waals surface area contributed by atoms with E-state index in [2.05, 4.69) is 9.88 Å². The SMILES string of the molecule is Cc1cc(=O)n(-c2ccc(N3CCC(Cc4ccc(F)cc4)CC3)c(Cl)c2)c(C)n1. The maximum Gasteiger partial charge on any atom is 0.258 e. The van der Waals surface area contributed by atoms with E-state index in [9.17, 15) is 9.18 Å². The molecule has 2 aromatic carbocycles. The number of piperidine rings is 1. The molecule has 0 unspecified atom stereocenters. The summed E-state index contributed by atoms with van der Waals surface area (Å²) in [5, 5.41) is 0.636. The molecule has 156 valence electrons. The van der Waals surface area contributed by atoms with Gasteiger partial charge in [0.1, 0.15) is 11.6 Å². The third kappa shape index (κ3) is 4.41. The summed E-state index contributed by atoms with van der Waals surface area (Å²) in [6.45, 7) is 5.49. The summed E-state index contributed by atoms with van der Waals surface area (Å²) in [4.78, 5) is 19.1. The molecule has 1 aliphatic rings. The van der Waals surface area contributed by atoms with E-state index in [1.54, 1.807) is 4.57 Å². The molecular formula is C24H25ClFN3O. The summed E-state index contributed by atoms with van der Waals surface area (Å²) >= 11 is 6.62. The van der Waals surface area contributed by atoms with E-state index < -0.39 is 0 Å². The maximum absolute atomic E-state index is 13.1. The molecule has 1 aliphatic heterocycles. The largest absolute Gasteiger partial charge is 0.370 e. The molecule has 2 heterocycles. The molecule has 4 rings (SSSR count). The number of nitrogens with zero attached hydrogens (tertiary/aromatic N) is 3. The van der Waals surface area contributed by atoms with Crippen molar-refractivity contribution in [2.24, 2.45) is 5.92 Å². The van der Waals surface area contributed by atoms with Gasteiger partial charge in [0, 0.05) is 24.8 Å². The van der Waals surface area contributed by atoms with Gasteiger partial charge in [-0.1, -0.05) is 23.7 Å². The maximum atomic E-state index is 13.1. The van der Waals surface area contributed by atoms with Gasteiger partial charge in [-0.05, 0) is 74.9 Å². The Kier molecular flexibility index (Phi) is 5.91. The Morgan fingerprint density at radius 1 is 1.07 bits per heavy atom. The molecule has 4 nitrogen and oxygen atoms in total. The molecule has 0 amide bonds. The Labute approximate surface area is 180 Å². The number of aromatic nitrogens is 2. The molecule has 3 aromatic rings. The predicted molar refractivity (Wildman–Crippen MR) is 119 cm³/mol. The molecular weight excluding hydrogens is 401 g/mol. The number of hydrogen-bond acceptors (Lipinski definition) is 3. The first-order chi connectivity index (χ1) is 14.4. The van der Waals surface area contributed by atoms with E-state index in [1.807, 2.05) is 44.2 Å². The van der Waals surface area contributed by atoms with Crippen molar-refractivity contribution in [3.63, 3.8) is 0 Å². The van der Waals surface area contributed by atoms with E-state index in [1.165, 1.54) is 23.8 Å². The Morgan fingerprint density at radius 3 is 2.40 bits per heavy atom. The number of anilines is 1. The van der Waals surface area contributed by atoms with Crippen LogP contribution < -0.4 is 10.5 Å². The average molecular weight is 426 g/mol. The van der Waals surface area contributed by atoms with Gasteiger partial charge >= 0.3 is 0 Å². The van der Waals surface area contributed by atoms with Crippen molar-refractivity contribution in [3.05, 3.63) is 86.8 Å². The Bertz CT molecular complexity index is 1100. The van der Waals surface area contributed by atoms with Crippen molar-refractivity contribution in [2.75, 3.05) is 18.0 Å². The summed E-state index contributed by atoms with van der Waals surface area (Å²) in [5.74, 6) is 1.04. The molecule has 1 aromatic heterocycles. The second kappa shape index (κ2) is 8.60. The molecule has 1 saturated heterocycles. The van der Waals surface area contributed by atoms with Crippen LogP contribution in [0, 0.1) is 25.6 Å². The standard InChI is InChI=1S/C24H25ClFN3O/c1-16-13-24(30)29(17(2)27-16)21-7-8-23(22(25)15-21)28-11-9-19(10-12-28)14-18-3-5-20(26)6-4-18/h3-8,13,15,19H,9-12,14H2,1-2H3. The Morgan fingerprint density at radius 2 is 1.77 bits per heavy atom. The van der Waals surface area contributed by atoms with Gasteiger partial charge in [0.15, 0.2) is 0 Å². The van der Waals surface area contributed by atoms with Crippen LogP contribution in [-0.2, 0) is 6.42 Å². The van der Waals surface area contributed by atoms with E-state index >= 15 is 0 Å². The van der Waals surface area contributed by atoms with E-state index in [0.29, 0.717) is 22.5 Å². The summed E-state index contributed by atoms with van der Waals surface area (Å²) in [5.41, 5.74) is 3.51. The van der Waals surface area contributed by atoms with Crippen LogP contribution in [-0.4, -0.2) is 22.6 Å². The number of rotatable bonds is 4. The number of benzene rings is 2. The monoisotopic (exact) mass is 425 g/mol. The zero-order chi connectivity index (χ0) is 21.3. The molecule has 0 atom stereocenters. The van der Waals surface area contributed by atoms with Crippen LogP contribution >= 0.6 is 11.6 Å². The third-order valence-electron chi connectivity index (χ3n) is 5.80. The fourth-order valence-electron chi connectivity index (χ4n) is 4.28. The number of aryl methyl sites for hydroxylation is 2. The Balaban J connectivity index is 1.46. The van der Waals surface area contributed by atoms with Crippen molar-refractivity contribution in [1.82, 2.24) is 9.55 Å². The highest BCUT2D eigenvalue weighted by atomic mass is 35.5. The van der Waals surface area contributed by atoms with Crippen LogP contribution in [0.3, 0.4) is 0 Å². The van der Waals surface area contributed by atoms with Gasteiger partial charge in [-0.15, -0.1) is 0 Å². The second-order valence-corrected chi connectivity index (χ2v) is 8.42. The topological polar surface area (TPSA) is 38.1 Å². The van der Waals surface area contributed by atoms with Crippen LogP contribution in [0.2, 0.25) is 5.02 Å². The smallest absolute Gasteiger partial charge is 0.258 e. The molecule has 0 saturated carbocycles. The molecule has 0 bridgehead atoms. The molecule has 0 N–H and O–H groups in total. The highest BCUT2D eigenvalue weighted by Crippen LogP contribution is 2.32. The minimum atomic E-state index is -0.189. The van der Waals surface area contributed by atoms with E-state index in [-0.39, 0.29) is 11.4 Å². The first-order valence-corrected chi connectivity index (χ1v) is 10.6. The highest BCUT2D eigenvalue weighted by molar-refractivity contribution is 6.33. The van der Waals surface area contributed by atoms with Crippen LogP contribution in [0.15, 0.2) is 53.3 Å². The molecule has 0 radical (unpaired) electrons. The second-order valence-electron chi connectivity index (χ2n) is 8.02. The molecule has 0 aliphatic carbocycles. The van der Waals surface area contributed by atoms with Gasteiger partial charge in [0.05, 0.1) is 16.4 Å². The van der Waals surface area contributed by atoms with Crippen molar-refractivity contribution < 1.29 is 4.39 Å². The van der Waals surface area contributed by atoms with Crippen molar-refractivity contribution in [2.45, 2.75) is 33.1 Å². The molecule has 0 spiro atoms. The highest BCUT2D eigenvalue weighted by Gasteiger charge is 2.21. The summed E-state index contributed by atoms with van der Waals surface area (Å²) in [6, 6.07) is 14.1. The van der Waals surface area contributed by atoms with Crippen LogP contribution in [0.5, 0.6) is 0 Å². The predicted octanol–water partition coefficient (Wildman–Crippen LogP) is 5.10. The normalized spacial score (nSPS) is 14.9. The summed E-state index contributed by atoms with van der Waals surface area (Å²) in [7, 11) is 0. The minimum Gasteiger partial charge on any atom is -0.370 e. The first kappa shape index (κ1) is 20.6. The van der Waals surface area contributed by atoms with E-state index in [4.69, 9.17) is 11.6 Å². The first-order valence-electron chi connectivity index (χ1n) is 10.3. The number of halogens is 2. The lowest BCUT2D eigenvalue weighted by molar-refractivity contribution is 0.403. The van der Waals surface area contributed by atoms with E-state index in [0.717, 1.165) is 43.7 Å². The van der Waals surface area contributed by atoms with Crippen LogP contribution in [0.1, 0.15) is 29.9 Å². The minimum absolute atomic E-state index is 0.106. The van der Waals surface area contributed by atoms with Gasteiger partial charge in [-0.2, -0.15) is 0 Å². The van der Waals surface area contributed by atoms with Crippen molar-refractivity contribution in [1.29, 1.82) is 0 Å². The summed E-state index contributed by atoms with van der Waals surface area (Å²) < 4.78 is 14.7. The third-order valence-corrected chi connectivity index (χ3v) is 6.10. The number of hydrogen-bond donors (Lipinski definition) is 0. The quantitative estimate of drug-likeness (QED) is 0.583. The van der Waals surface area contributed by atoms with Gasteiger partial charge in [-0.25, -0.2) is 9.37 Å². The van der Waals surface area contributed by atoms with Gasteiger partial charge in [-0.3, -0.25) is 9.36 Å². The fraction of sp³-hybridized carbons (Fsp3) is 0.333. The molecule has 30 heavy (non-hydrogen) atoms. The van der Waals surface area contributed by atoms with Gasteiger partial charge in [0.25, 0.3) is 5.56 Å². The van der Waals surface area contributed by atoms with Crippen molar-refractivity contribution in [3.8, 4) is 5.69 Å². The Hall–Kier alpha value is -2.66. The average Bonchev–Trinajstić information content (AvgIpc) is 2.70. The summed E-state index contributed by atoms with van der Waals surface area (Å²) in [6.07, 6.45) is 3.11. The lowest BCUT2D eigenvalue weighted by atomic mass is 9.90. The molecule has 1 fully saturated rings. The lowest BCUT2D eigenvalue weighted by Gasteiger charge is -2.34. The van der Waals surface area contributed by atoms with Crippen molar-refractivity contribution >= 4 is 17.3 Å². The lowest BCUT2D eigenvalue weighted by Crippen LogP contribution is -2.34. The zero-order valence-electron chi connectivity index (χ0n) is 17.2. The molecule has 6 heteroatoms. The van der Waals surface area contributed by atoms with Crippen LogP contribution in [0.25, 0.3) is 5.69 Å². The fourth-order valence-corrected chi connectivity index (χ4v) is 4.57. The van der Waals surface area contributed by atoms with Crippen LogP contribution in [0.4, 0.5) is 10.1 Å². The van der Waals surface area contributed by atoms with Gasteiger partial charge in [0.2, 0.25) is 0 Å². The van der Waals surface area contributed by atoms with Gasteiger partial charge < -0.3 is 4.90 Å². The zero-order valence-corrected chi connectivity index (χ0v) is 18.0.